The number of carbonyl (C=O) groups is 1. The van der Waals surface area contributed by atoms with E-state index in [4.69, 9.17) is 9.94 Å². The van der Waals surface area contributed by atoms with Crippen molar-refractivity contribution in [2.75, 3.05) is 6.61 Å². The van der Waals surface area contributed by atoms with Gasteiger partial charge in [0, 0.05) is 12.1 Å². The monoisotopic (exact) mass is 241 g/mol. The minimum Gasteiger partial charge on any atom is -0.478 e. The summed E-state index contributed by atoms with van der Waals surface area (Å²) in [5, 5.41) is 8.77. The van der Waals surface area contributed by atoms with E-state index >= 15 is 0 Å². The first-order valence-corrected chi connectivity index (χ1v) is 5.37. The van der Waals surface area contributed by atoms with Crippen LogP contribution in [0.1, 0.15) is 29.8 Å². The second kappa shape index (κ2) is 6.32. The van der Waals surface area contributed by atoms with Crippen LogP contribution in [0.2, 0.25) is 0 Å². The number of rotatable bonds is 6. The van der Waals surface area contributed by atoms with Crippen molar-refractivity contribution < 1.29 is 19.1 Å². The summed E-state index contributed by atoms with van der Waals surface area (Å²) in [5.41, 5.74) is 2.94. The molecule has 0 atom stereocenters. The molecule has 4 nitrogen and oxygen atoms in total. The van der Waals surface area contributed by atoms with Crippen LogP contribution in [0.5, 0.6) is 0 Å². The average molecular weight is 241 g/mol. The smallest absolute Gasteiger partial charge is 0.335 e. The van der Waals surface area contributed by atoms with Crippen LogP contribution >= 0.6 is 0 Å². The molecule has 2 N–H and O–H groups in total. The Morgan fingerprint density at radius 2 is 2.24 bits per heavy atom. The highest BCUT2D eigenvalue weighted by molar-refractivity contribution is 5.87. The minimum atomic E-state index is -1.07. The van der Waals surface area contributed by atoms with Gasteiger partial charge in [-0.3, -0.25) is 0 Å². The van der Waals surface area contributed by atoms with Crippen LogP contribution in [0.25, 0.3) is 0 Å². The average Bonchev–Trinajstić information content (AvgIpc) is 2.25. The van der Waals surface area contributed by atoms with Crippen LogP contribution in [0.4, 0.5) is 4.39 Å². The SMILES string of the molecule is CC(C)CONCc1cc(C(=O)O)ccc1F. The van der Waals surface area contributed by atoms with Crippen LogP contribution in [0.15, 0.2) is 18.2 Å². The van der Waals surface area contributed by atoms with Crippen molar-refractivity contribution in [2.24, 2.45) is 5.92 Å². The molecule has 0 heterocycles. The predicted molar refractivity (Wildman–Crippen MR) is 61.0 cm³/mol. The molecule has 5 heteroatoms. The highest BCUT2D eigenvalue weighted by Gasteiger charge is 2.08. The molecule has 0 spiro atoms. The first kappa shape index (κ1) is 13.6. The van der Waals surface area contributed by atoms with E-state index < -0.39 is 11.8 Å². The van der Waals surface area contributed by atoms with E-state index in [9.17, 15) is 9.18 Å². The zero-order valence-electron chi connectivity index (χ0n) is 9.87. The molecule has 1 rings (SSSR count). The number of carboxylic acids is 1. The molecular weight excluding hydrogens is 225 g/mol. The maximum atomic E-state index is 13.3. The second-order valence-corrected chi connectivity index (χ2v) is 4.14. The third-order valence-electron chi connectivity index (χ3n) is 2.07. The molecule has 0 radical (unpaired) electrons. The highest BCUT2D eigenvalue weighted by atomic mass is 19.1. The fraction of sp³-hybridized carbons (Fsp3) is 0.417. The van der Waals surface area contributed by atoms with E-state index in [2.05, 4.69) is 5.48 Å². The number of carboxylic acid groups (broad SMARTS) is 1. The second-order valence-electron chi connectivity index (χ2n) is 4.14. The van der Waals surface area contributed by atoms with Gasteiger partial charge in [-0.05, 0) is 24.1 Å². The molecule has 94 valence electrons. The summed E-state index contributed by atoms with van der Waals surface area (Å²) < 4.78 is 13.3. The number of halogens is 1. The number of hydrogen-bond acceptors (Lipinski definition) is 3. The Kier molecular flexibility index (Phi) is 5.06. The molecule has 0 saturated heterocycles. The van der Waals surface area contributed by atoms with Crippen LogP contribution in [0.3, 0.4) is 0 Å². The van der Waals surface area contributed by atoms with Crippen LogP contribution in [0, 0.1) is 11.7 Å². The summed E-state index contributed by atoms with van der Waals surface area (Å²) in [5.74, 6) is -1.15. The molecule has 0 unspecified atom stereocenters. The fourth-order valence-corrected chi connectivity index (χ4v) is 1.20. The fourth-order valence-electron chi connectivity index (χ4n) is 1.20. The highest BCUT2D eigenvalue weighted by Crippen LogP contribution is 2.10. The van der Waals surface area contributed by atoms with Crippen LogP contribution < -0.4 is 5.48 Å². The Balaban J connectivity index is 2.57. The number of nitrogens with one attached hydrogen (secondary N) is 1. The van der Waals surface area contributed by atoms with Crippen LogP contribution in [-0.2, 0) is 11.4 Å². The molecule has 1 aromatic rings. The van der Waals surface area contributed by atoms with Gasteiger partial charge >= 0.3 is 5.97 Å². The Morgan fingerprint density at radius 1 is 1.53 bits per heavy atom. The van der Waals surface area contributed by atoms with Gasteiger partial charge in [-0.2, -0.15) is 5.48 Å². The van der Waals surface area contributed by atoms with Gasteiger partial charge in [-0.1, -0.05) is 13.8 Å². The van der Waals surface area contributed by atoms with E-state index in [1.807, 2.05) is 13.8 Å². The first-order valence-electron chi connectivity index (χ1n) is 5.37. The predicted octanol–water partition coefficient (Wildman–Crippen LogP) is 2.20. The Bertz CT molecular complexity index is 393. The molecule has 17 heavy (non-hydrogen) atoms. The molecule has 0 aliphatic carbocycles. The van der Waals surface area contributed by atoms with E-state index in [1.165, 1.54) is 12.1 Å². The maximum Gasteiger partial charge on any atom is 0.335 e. The lowest BCUT2D eigenvalue weighted by atomic mass is 10.1. The molecule has 0 bridgehead atoms. The Hall–Kier alpha value is -1.46. The van der Waals surface area contributed by atoms with Gasteiger partial charge in [0.25, 0.3) is 0 Å². The van der Waals surface area contributed by atoms with Crippen molar-refractivity contribution in [1.29, 1.82) is 0 Å². The number of hydroxylamine groups is 1. The molecule has 0 aliphatic heterocycles. The summed E-state index contributed by atoms with van der Waals surface area (Å²) in [4.78, 5) is 15.8. The Labute approximate surface area is 99.4 Å². The molecule has 0 fully saturated rings. The topological polar surface area (TPSA) is 58.6 Å². The molecule has 0 saturated carbocycles. The zero-order chi connectivity index (χ0) is 12.8. The largest absolute Gasteiger partial charge is 0.478 e. The van der Waals surface area contributed by atoms with Gasteiger partial charge in [0.2, 0.25) is 0 Å². The number of benzene rings is 1. The van der Waals surface area contributed by atoms with Gasteiger partial charge in [-0.15, -0.1) is 0 Å². The third-order valence-corrected chi connectivity index (χ3v) is 2.07. The van der Waals surface area contributed by atoms with Crippen molar-refractivity contribution in [3.8, 4) is 0 Å². The standard InChI is InChI=1S/C12H16FNO3/c1-8(2)7-17-14-6-10-5-9(12(15)16)3-4-11(10)13/h3-5,8,14H,6-7H2,1-2H3,(H,15,16). The zero-order valence-corrected chi connectivity index (χ0v) is 9.87. The summed E-state index contributed by atoms with van der Waals surface area (Å²) >= 11 is 0. The third kappa shape index (κ3) is 4.50. The summed E-state index contributed by atoms with van der Waals surface area (Å²) in [6.45, 7) is 4.64. The van der Waals surface area contributed by atoms with Crippen LogP contribution in [-0.4, -0.2) is 17.7 Å². The van der Waals surface area contributed by atoms with Crippen molar-refractivity contribution >= 4 is 5.97 Å². The Morgan fingerprint density at radius 3 is 2.82 bits per heavy atom. The molecule has 0 aromatic heterocycles. The van der Waals surface area contributed by atoms with E-state index in [-0.39, 0.29) is 17.7 Å². The summed E-state index contributed by atoms with van der Waals surface area (Å²) in [6, 6.07) is 3.67. The lowest BCUT2D eigenvalue weighted by Gasteiger charge is -2.09. The van der Waals surface area contributed by atoms with Gasteiger partial charge in [0.15, 0.2) is 0 Å². The first-order chi connectivity index (χ1) is 8.00. The normalized spacial score (nSPS) is 10.8. The van der Waals surface area contributed by atoms with Gasteiger partial charge < -0.3 is 9.94 Å². The molecule has 1 aromatic carbocycles. The van der Waals surface area contributed by atoms with Gasteiger partial charge in [-0.25, -0.2) is 9.18 Å². The van der Waals surface area contributed by atoms with Crippen molar-refractivity contribution in [3.05, 3.63) is 35.1 Å². The van der Waals surface area contributed by atoms with E-state index in [0.717, 1.165) is 6.07 Å². The lowest BCUT2D eigenvalue weighted by Crippen LogP contribution is -2.18. The number of aromatic carboxylic acids is 1. The van der Waals surface area contributed by atoms with E-state index in [0.29, 0.717) is 12.5 Å². The summed E-state index contributed by atoms with van der Waals surface area (Å²) in [7, 11) is 0. The maximum absolute atomic E-state index is 13.3. The number of hydrogen-bond donors (Lipinski definition) is 2. The molecule has 0 aliphatic rings. The van der Waals surface area contributed by atoms with Gasteiger partial charge in [0.1, 0.15) is 5.82 Å². The lowest BCUT2D eigenvalue weighted by molar-refractivity contribution is 0.0191. The van der Waals surface area contributed by atoms with Crippen molar-refractivity contribution in [3.63, 3.8) is 0 Å². The molecule has 0 amide bonds. The minimum absolute atomic E-state index is 0.0621. The van der Waals surface area contributed by atoms with Crippen molar-refractivity contribution in [1.82, 2.24) is 5.48 Å². The van der Waals surface area contributed by atoms with Crippen molar-refractivity contribution in [2.45, 2.75) is 20.4 Å². The summed E-state index contributed by atoms with van der Waals surface area (Å²) in [6.07, 6.45) is 0. The van der Waals surface area contributed by atoms with Gasteiger partial charge in [0.05, 0.1) is 12.2 Å². The van der Waals surface area contributed by atoms with E-state index in [1.54, 1.807) is 0 Å². The quantitative estimate of drug-likeness (QED) is 0.592. The molecular formula is C12H16FNO3.